The van der Waals surface area contributed by atoms with Crippen LogP contribution in [-0.4, -0.2) is 37.2 Å². The van der Waals surface area contributed by atoms with Gasteiger partial charge in [-0.05, 0) is 30.7 Å². The number of thiophene rings is 1. The number of ether oxygens (including phenoxy) is 1. The van der Waals surface area contributed by atoms with Crippen LogP contribution in [0.5, 0.6) is 0 Å². The van der Waals surface area contributed by atoms with Crippen molar-refractivity contribution in [2.24, 2.45) is 11.1 Å². The minimum Gasteiger partial charge on any atom is -0.381 e. The second-order valence-electron chi connectivity index (χ2n) is 5.72. The van der Waals surface area contributed by atoms with Gasteiger partial charge in [0.15, 0.2) is 0 Å². The van der Waals surface area contributed by atoms with Crippen LogP contribution in [-0.2, 0) is 11.3 Å². The Morgan fingerprint density at radius 2 is 2.39 bits per heavy atom. The lowest BCUT2D eigenvalue weighted by Crippen LogP contribution is -2.43. The molecule has 1 aliphatic heterocycles. The Balaban J connectivity index is 1.66. The van der Waals surface area contributed by atoms with Gasteiger partial charge in [0.05, 0.1) is 6.61 Å². The topological polar surface area (TPSA) is 38.5 Å². The van der Waals surface area contributed by atoms with Crippen molar-refractivity contribution in [3.63, 3.8) is 0 Å². The third kappa shape index (κ3) is 2.77. The molecule has 0 aromatic carbocycles. The summed E-state index contributed by atoms with van der Waals surface area (Å²) in [6, 6.07) is 5.17. The first-order valence-electron chi connectivity index (χ1n) is 6.86. The van der Waals surface area contributed by atoms with Crippen molar-refractivity contribution in [1.29, 1.82) is 0 Å². The summed E-state index contributed by atoms with van der Waals surface area (Å²) in [6.45, 7) is 4.67. The Morgan fingerprint density at radius 1 is 1.50 bits per heavy atom. The molecule has 1 unspecified atom stereocenters. The summed E-state index contributed by atoms with van der Waals surface area (Å²) in [6.07, 6.45) is 3.83. The predicted octanol–water partition coefficient (Wildman–Crippen LogP) is 2.08. The van der Waals surface area contributed by atoms with Gasteiger partial charge in [-0.2, -0.15) is 0 Å². The Morgan fingerprint density at radius 3 is 2.94 bits per heavy atom. The Bertz CT molecular complexity index is 369. The van der Waals surface area contributed by atoms with E-state index in [2.05, 4.69) is 22.4 Å². The maximum absolute atomic E-state index is 6.01. The number of hydrogen-bond acceptors (Lipinski definition) is 4. The highest BCUT2D eigenvalue weighted by molar-refractivity contribution is 7.09. The molecule has 3 rings (SSSR count). The van der Waals surface area contributed by atoms with Gasteiger partial charge in [-0.3, -0.25) is 4.90 Å². The highest BCUT2D eigenvalue weighted by atomic mass is 32.1. The average Bonchev–Trinajstić information content (AvgIpc) is 2.92. The Labute approximate surface area is 113 Å². The van der Waals surface area contributed by atoms with Gasteiger partial charge in [-0.1, -0.05) is 6.07 Å². The second-order valence-corrected chi connectivity index (χ2v) is 6.75. The first kappa shape index (κ1) is 12.6. The van der Waals surface area contributed by atoms with E-state index < -0.39 is 0 Å². The molecule has 2 aliphatic rings. The molecular formula is C14H22N2OS. The zero-order chi connectivity index (χ0) is 12.4. The summed E-state index contributed by atoms with van der Waals surface area (Å²) in [7, 11) is 0. The predicted molar refractivity (Wildman–Crippen MR) is 74.7 cm³/mol. The van der Waals surface area contributed by atoms with Crippen molar-refractivity contribution in [2.45, 2.75) is 31.8 Å². The summed E-state index contributed by atoms with van der Waals surface area (Å²) in [4.78, 5) is 4.10. The summed E-state index contributed by atoms with van der Waals surface area (Å²) in [5, 5.41) is 2.16. The third-order valence-electron chi connectivity index (χ3n) is 4.16. The molecule has 3 nitrogen and oxygen atoms in total. The molecule has 1 atom stereocenters. The molecular weight excluding hydrogens is 244 g/mol. The van der Waals surface area contributed by atoms with E-state index in [1.54, 1.807) is 0 Å². The fraction of sp³-hybridized carbons (Fsp3) is 0.714. The van der Waals surface area contributed by atoms with Crippen LogP contribution in [0, 0.1) is 5.41 Å². The maximum Gasteiger partial charge on any atom is 0.0547 e. The molecule has 1 saturated heterocycles. The smallest absolute Gasteiger partial charge is 0.0547 e. The van der Waals surface area contributed by atoms with Gasteiger partial charge in [0.2, 0.25) is 0 Å². The largest absolute Gasteiger partial charge is 0.381 e. The van der Waals surface area contributed by atoms with Crippen LogP contribution in [0.3, 0.4) is 0 Å². The van der Waals surface area contributed by atoms with Crippen molar-refractivity contribution in [2.75, 3.05) is 26.3 Å². The lowest BCUT2D eigenvalue weighted by molar-refractivity contribution is 0.107. The molecule has 2 fully saturated rings. The summed E-state index contributed by atoms with van der Waals surface area (Å²) < 4.78 is 5.58. The Kier molecular flexibility index (Phi) is 3.71. The van der Waals surface area contributed by atoms with Crippen molar-refractivity contribution in [1.82, 2.24) is 4.90 Å². The third-order valence-corrected chi connectivity index (χ3v) is 5.02. The van der Waals surface area contributed by atoms with Gasteiger partial charge in [-0.15, -0.1) is 11.3 Å². The normalized spacial score (nSPS) is 28.1. The molecule has 4 heteroatoms. The van der Waals surface area contributed by atoms with E-state index in [0.29, 0.717) is 0 Å². The molecule has 18 heavy (non-hydrogen) atoms. The fourth-order valence-corrected chi connectivity index (χ4v) is 3.52. The molecule has 0 bridgehead atoms. The van der Waals surface area contributed by atoms with Crippen molar-refractivity contribution < 1.29 is 4.74 Å². The summed E-state index contributed by atoms with van der Waals surface area (Å²) in [5.74, 6) is 0. The monoisotopic (exact) mass is 266 g/mol. The second kappa shape index (κ2) is 5.29. The quantitative estimate of drug-likeness (QED) is 0.857. The molecule has 2 heterocycles. The highest BCUT2D eigenvalue weighted by Crippen LogP contribution is 2.35. The summed E-state index contributed by atoms with van der Waals surface area (Å²) >= 11 is 1.86. The van der Waals surface area contributed by atoms with E-state index in [0.717, 1.165) is 45.3 Å². The van der Waals surface area contributed by atoms with Gasteiger partial charge >= 0.3 is 0 Å². The molecule has 100 valence electrons. The van der Waals surface area contributed by atoms with Crippen LogP contribution in [0.4, 0.5) is 0 Å². The zero-order valence-electron chi connectivity index (χ0n) is 10.8. The van der Waals surface area contributed by atoms with Gasteiger partial charge in [0.1, 0.15) is 0 Å². The first-order chi connectivity index (χ1) is 8.81. The maximum atomic E-state index is 6.01. The Hall–Kier alpha value is -0.420. The van der Waals surface area contributed by atoms with Gasteiger partial charge in [-0.25, -0.2) is 0 Å². The van der Waals surface area contributed by atoms with Crippen LogP contribution in [0.2, 0.25) is 0 Å². The van der Waals surface area contributed by atoms with E-state index >= 15 is 0 Å². The standard InChI is InChI=1S/C14H22N2OS/c15-9-14(5-6-17-11-14)10-16(12-3-4-12)8-13-2-1-7-18-13/h1-2,7,12H,3-6,8-11,15H2. The lowest BCUT2D eigenvalue weighted by Gasteiger charge is -2.33. The fourth-order valence-electron chi connectivity index (χ4n) is 2.79. The van der Waals surface area contributed by atoms with E-state index in [4.69, 9.17) is 10.5 Å². The highest BCUT2D eigenvalue weighted by Gasteiger charge is 2.39. The van der Waals surface area contributed by atoms with E-state index in [-0.39, 0.29) is 5.41 Å². The van der Waals surface area contributed by atoms with Gasteiger partial charge in [0, 0.05) is 42.6 Å². The summed E-state index contributed by atoms with van der Waals surface area (Å²) in [5.41, 5.74) is 6.22. The molecule has 1 saturated carbocycles. The van der Waals surface area contributed by atoms with Gasteiger partial charge in [0.25, 0.3) is 0 Å². The van der Waals surface area contributed by atoms with E-state index in [1.165, 1.54) is 17.7 Å². The van der Waals surface area contributed by atoms with E-state index in [1.807, 2.05) is 11.3 Å². The molecule has 0 spiro atoms. The number of nitrogens with zero attached hydrogens (tertiary/aromatic N) is 1. The lowest BCUT2D eigenvalue weighted by atomic mass is 9.86. The zero-order valence-corrected chi connectivity index (χ0v) is 11.6. The van der Waals surface area contributed by atoms with Crippen molar-refractivity contribution >= 4 is 11.3 Å². The molecule has 1 aromatic heterocycles. The minimum atomic E-state index is 0.208. The molecule has 1 aromatic rings. The number of hydrogen-bond donors (Lipinski definition) is 1. The van der Waals surface area contributed by atoms with Crippen LogP contribution >= 0.6 is 11.3 Å². The van der Waals surface area contributed by atoms with Crippen LogP contribution in [0.25, 0.3) is 0 Å². The average molecular weight is 266 g/mol. The minimum absolute atomic E-state index is 0.208. The SMILES string of the molecule is NCC1(CN(Cc2cccs2)C2CC2)CCOC1. The number of nitrogens with two attached hydrogens (primary N) is 1. The van der Waals surface area contributed by atoms with Crippen LogP contribution in [0.15, 0.2) is 17.5 Å². The number of rotatable bonds is 6. The van der Waals surface area contributed by atoms with Gasteiger partial charge < -0.3 is 10.5 Å². The van der Waals surface area contributed by atoms with Crippen LogP contribution < -0.4 is 5.73 Å². The van der Waals surface area contributed by atoms with Crippen molar-refractivity contribution in [3.8, 4) is 0 Å². The van der Waals surface area contributed by atoms with Crippen LogP contribution in [0.1, 0.15) is 24.1 Å². The van der Waals surface area contributed by atoms with Crippen molar-refractivity contribution in [3.05, 3.63) is 22.4 Å². The first-order valence-corrected chi connectivity index (χ1v) is 7.74. The molecule has 0 amide bonds. The van der Waals surface area contributed by atoms with E-state index in [9.17, 15) is 0 Å². The molecule has 1 aliphatic carbocycles. The molecule has 0 radical (unpaired) electrons. The molecule has 2 N–H and O–H groups in total.